The number of aromatic nitrogens is 4. The molecular weight excluding hydrogens is 316 g/mol. The summed E-state index contributed by atoms with van der Waals surface area (Å²) in [7, 11) is 0. The van der Waals surface area contributed by atoms with Crippen LogP contribution in [-0.4, -0.2) is 44.1 Å². The van der Waals surface area contributed by atoms with Crippen LogP contribution in [0, 0.1) is 0 Å². The van der Waals surface area contributed by atoms with Crippen molar-refractivity contribution in [3.05, 3.63) is 30.6 Å². The molecule has 0 aliphatic heterocycles. The van der Waals surface area contributed by atoms with Crippen molar-refractivity contribution in [1.82, 2.24) is 20.2 Å². The lowest BCUT2D eigenvalue weighted by Gasteiger charge is -2.13. The summed E-state index contributed by atoms with van der Waals surface area (Å²) in [6, 6.07) is 6.54. The maximum absolute atomic E-state index is 12.0. The molecule has 2 amide bonds. The maximum Gasteiger partial charge on any atom is 0.328 e. The van der Waals surface area contributed by atoms with Crippen LogP contribution in [0.25, 0.3) is 0 Å². The number of nitrogens with one attached hydrogen (secondary N) is 2. The van der Waals surface area contributed by atoms with Gasteiger partial charge in [-0.25, -0.2) is 4.68 Å². The zero-order chi connectivity index (χ0) is 17.5. The highest BCUT2D eigenvalue weighted by atomic mass is 16.5. The van der Waals surface area contributed by atoms with Gasteiger partial charge in [-0.3, -0.25) is 14.4 Å². The van der Waals surface area contributed by atoms with E-state index in [4.69, 9.17) is 4.74 Å². The summed E-state index contributed by atoms with van der Waals surface area (Å²) in [6.45, 7) is 2.68. The highest BCUT2D eigenvalue weighted by Crippen LogP contribution is 2.14. The van der Waals surface area contributed by atoms with Crippen LogP contribution in [0.15, 0.2) is 30.6 Å². The summed E-state index contributed by atoms with van der Waals surface area (Å²) in [6.07, 6.45) is 0.284. The number of tetrazole rings is 1. The predicted molar refractivity (Wildman–Crippen MR) is 82.7 cm³/mol. The Balaban J connectivity index is 1.84. The second kappa shape index (κ2) is 7.81. The van der Waals surface area contributed by atoms with Gasteiger partial charge in [0, 0.05) is 18.3 Å². The molecule has 0 aliphatic rings. The van der Waals surface area contributed by atoms with Gasteiger partial charge in [-0.15, -0.1) is 5.10 Å². The minimum Gasteiger partial charge on any atom is -0.451 e. The fraction of sp³-hybridized carbons (Fsp3) is 0.286. The molecular formula is C14H16N6O4. The summed E-state index contributed by atoms with van der Waals surface area (Å²) in [5.74, 6) is -1.30. The lowest BCUT2D eigenvalue weighted by molar-refractivity contribution is -0.153. The van der Waals surface area contributed by atoms with Crippen LogP contribution in [0.3, 0.4) is 0 Å². The van der Waals surface area contributed by atoms with Crippen molar-refractivity contribution in [1.29, 1.82) is 0 Å². The first-order chi connectivity index (χ1) is 11.4. The molecule has 2 N–H and O–H groups in total. The number of anilines is 2. The van der Waals surface area contributed by atoms with E-state index in [1.54, 1.807) is 24.3 Å². The summed E-state index contributed by atoms with van der Waals surface area (Å²) in [4.78, 5) is 34.6. The molecule has 0 aliphatic carbocycles. The van der Waals surface area contributed by atoms with Gasteiger partial charge in [0.2, 0.25) is 5.91 Å². The summed E-state index contributed by atoms with van der Waals surface area (Å²) >= 11 is 0. The zero-order valence-corrected chi connectivity index (χ0v) is 13.1. The number of esters is 1. The summed E-state index contributed by atoms with van der Waals surface area (Å²) in [5.41, 5.74) is 1.12. The van der Waals surface area contributed by atoms with E-state index >= 15 is 0 Å². The third kappa shape index (κ3) is 5.16. The monoisotopic (exact) mass is 332 g/mol. The van der Waals surface area contributed by atoms with Crippen molar-refractivity contribution in [3.63, 3.8) is 0 Å². The van der Waals surface area contributed by atoms with Gasteiger partial charge >= 0.3 is 5.97 Å². The second-order valence-corrected chi connectivity index (χ2v) is 4.89. The van der Waals surface area contributed by atoms with Crippen LogP contribution in [0.1, 0.15) is 13.8 Å². The van der Waals surface area contributed by atoms with E-state index in [1.165, 1.54) is 24.9 Å². The van der Waals surface area contributed by atoms with Crippen molar-refractivity contribution in [2.45, 2.75) is 26.5 Å². The number of nitrogens with zero attached hydrogens (tertiary/aromatic N) is 4. The number of amides is 2. The molecule has 10 nitrogen and oxygen atoms in total. The number of hydrogen-bond acceptors (Lipinski definition) is 7. The Morgan fingerprint density at radius 3 is 2.33 bits per heavy atom. The summed E-state index contributed by atoms with van der Waals surface area (Å²) in [5, 5.41) is 15.5. The molecule has 126 valence electrons. The first-order valence-corrected chi connectivity index (χ1v) is 7.03. The second-order valence-electron chi connectivity index (χ2n) is 4.89. The van der Waals surface area contributed by atoms with Gasteiger partial charge in [0.05, 0.1) is 0 Å². The maximum atomic E-state index is 12.0. The van der Waals surface area contributed by atoms with Gasteiger partial charge in [-0.1, -0.05) is 0 Å². The van der Waals surface area contributed by atoms with E-state index in [9.17, 15) is 14.4 Å². The molecule has 2 aromatic rings. The van der Waals surface area contributed by atoms with Gasteiger partial charge in [0.15, 0.2) is 6.10 Å². The third-order valence-corrected chi connectivity index (χ3v) is 2.83. The molecule has 24 heavy (non-hydrogen) atoms. The molecule has 0 saturated carbocycles. The van der Waals surface area contributed by atoms with Crippen molar-refractivity contribution < 1.29 is 19.1 Å². The van der Waals surface area contributed by atoms with Gasteiger partial charge in [0.25, 0.3) is 5.91 Å². The Morgan fingerprint density at radius 2 is 1.79 bits per heavy atom. The summed E-state index contributed by atoms with van der Waals surface area (Å²) < 4.78 is 6.20. The minimum absolute atomic E-state index is 0.184. The Hall–Kier alpha value is -3.30. The Labute approximate surface area is 137 Å². The highest BCUT2D eigenvalue weighted by Gasteiger charge is 2.18. The van der Waals surface area contributed by atoms with Gasteiger partial charge in [-0.2, -0.15) is 0 Å². The van der Waals surface area contributed by atoms with Crippen LogP contribution >= 0.6 is 0 Å². The van der Waals surface area contributed by atoms with E-state index in [0.717, 1.165) is 0 Å². The molecule has 0 fully saturated rings. The molecule has 10 heteroatoms. The largest absolute Gasteiger partial charge is 0.451 e. The molecule has 0 unspecified atom stereocenters. The van der Waals surface area contributed by atoms with Crippen LogP contribution in [0.4, 0.5) is 11.4 Å². The van der Waals surface area contributed by atoms with Crippen molar-refractivity contribution >= 4 is 29.2 Å². The van der Waals surface area contributed by atoms with E-state index in [0.29, 0.717) is 11.4 Å². The number of ether oxygens (including phenoxy) is 1. The lowest BCUT2D eigenvalue weighted by Crippen LogP contribution is -2.31. The quantitative estimate of drug-likeness (QED) is 0.723. The number of benzene rings is 1. The Bertz CT molecular complexity index is 713. The van der Waals surface area contributed by atoms with Gasteiger partial charge < -0.3 is 15.4 Å². The van der Waals surface area contributed by atoms with E-state index in [2.05, 4.69) is 26.2 Å². The van der Waals surface area contributed by atoms with Crippen LogP contribution in [-0.2, 0) is 25.7 Å². The molecule has 0 spiro atoms. The topological polar surface area (TPSA) is 128 Å². The number of hydrogen-bond donors (Lipinski definition) is 2. The van der Waals surface area contributed by atoms with Crippen molar-refractivity contribution in [3.8, 4) is 0 Å². The lowest BCUT2D eigenvalue weighted by atomic mass is 10.2. The van der Waals surface area contributed by atoms with E-state index in [1.807, 2.05) is 0 Å². The number of carbonyl (C=O) groups is 3. The standard InChI is InChI=1S/C14H16N6O4/c1-9(24-13(22)7-20-8-15-18-19-20)14(23)17-12-5-3-11(4-6-12)16-10(2)21/h3-6,8-9H,7H2,1-2H3,(H,16,21)(H,17,23)/t9-/m1/s1. The Morgan fingerprint density at radius 1 is 1.17 bits per heavy atom. The van der Waals surface area contributed by atoms with Gasteiger partial charge in [0.1, 0.15) is 12.9 Å². The first-order valence-electron chi connectivity index (χ1n) is 7.03. The normalized spacial score (nSPS) is 11.4. The molecule has 0 bridgehead atoms. The zero-order valence-electron chi connectivity index (χ0n) is 13.1. The average Bonchev–Trinajstić information content (AvgIpc) is 3.01. The Kier molecular flexibility index (Phi) is 5.55. The van der Waals surface area contributed by atoms with Crippen LogP contribution < -0.4 is 10.6 Å². The molecule has 0 radical (unpaired) electrons. The molecule has 1 aromatic heterocycles. The van der Waals surface area contributed by atoms with Crippen molar-refractivity contribution in [2.24, 2.45) is 0 Å². The van der Waals surface area contributed by atoms with Gasteiger partial charge in [-0.05, 0) is 41.6 Å². The van der Waals surface area contributed by atoms with Crippen molar-refractivity contribution in [2.75, 3.05) is 10.6 Å². The predicted octanol–water partition coefficient (Wildman–Crippen LogP) is 0.202. The van der Waals surface area contributed by atoms with E-state index in [-0.39, 0.29) is 12.5 Å². The number of carbonyl (C=O) groups excluding carboxylic acids is 3. The molecule has 1 heterocycles. The number of rotatable bonds is 6. The highest BCUT2D eigenvalue weighted by molar-refractivity contribution is 5.95. The third-order valence-electron chi connectivity index (χ3n) is 2.83. The smallest absolute Gasteiger partial charge is 0.328 e. The fourth-order valence-electron chi connectivity index (χ4n) is 1.76. The fourth-order valence-corrected chi connectivity index (χ4v) is 1.76. The first kappa shape index (κ1) is 17.1. The average molecular weight is 332 g/mol. The van der Waals surface area contributed by atoms with E-state index < -0.39 is 18.0 Å². The molecule has 0 saturated heterocycles. The molecule has 1 aromatic carbocycles. The minimum atomic E-state index is -0.982. The SMILES string of the molecule is CC(=O)Nc1ccc(NC(=O)[C@@H](C)OC(=O)Cn2cnnn2)cc1. The molecule has 1 atom stereocenters. The van der Waals surface area contributed by atoms with Crippen LogP contribution in [0.5, 0.6) is 0 Å². The van der Waals surface area contributed by atoms with Crippen LogP contribution in [0.2, 0.25) is 0 Å². The molecule has 2 rings (SSSR count).